The fraction of sp³-hybridized carbons (Fsp3) is 1.00. The van der Waals surface area contributed by atoms with Crippen LogP contribution in [0.3, 0.4) is 0 Å². The predicted octanol–water partition coefficient (Wildman–Crippen LogP) is 2.20. The highest BCUT2D eigenvalue weighted by atomic mass is 16.3. The van der Waals surface area contributed by atoms with Gasteiger partial charge in [-0.25, -0.2) is 0 Å². The summed E-state index contributed by atoms with van der Waals surface area (Å²) >= 11 is 0. The summed E-state index contributed by atoms with van der Waals surface area (Å²) in [6.07, 6.45) is 5.86. The second-order valence-corrected chi connectivity index (χ2v) is 6.92. The molecule has 1 N–H and O–H groups in total. The van der Waals surface area contributed by atoms with E-state index in [0.717, 1.165) is 18.9 Å². The average Bonchev–Trinajstić information content (AvgIpc) is 2.55. The van der Waals surface area contributed by atoms with Crippen molar-refractivity contribution < 1.29 is 5.11 Å². The topological polar surface area (TPSA) is 26.7 Å². The third-order valence-electron chi connectivity index (χ3n) is 5.17. The molecule has 3 heteroatoms. The van der Waals surface area contributed by atoms with Crippen molar-refractivity contribution in [2.24, 2.45) is 11.8 Å². The monoisotopic (exact) mass is 268 g/mol. The van der Waals surface area contributed by atoms with Gasteiger partial charge in [-0.2, -0.15) is 0 Å². The summed E-state index contributed by atoms with van der Waals surface area (Å²) in [7, 11) is 2.24. The molecule has 0 radical (unpaired) electrons. The lowest BCUT2D eigenvalue weighted by atomic mass is 9.80. The maximum Gasteiger partial charge on any atom is 0.0580 e. The molecule has 1 saturated carbocycles. The van der Waals surface area contributed by atoms with Crippen molar-refractivity contribution in [3.63, 3.8) is 0 Å². The zero-order valence-corrected chi connectivity index (χ0v) is 13.0. The van der Waals surface area contributed by atoms with Gasteiger partial charge in [0.25, 0.3) is 0 Å². The number of likely N-dealkylation sites (N-methyl/N-ethyl adjacent to an activating group) is 1. The van der Waals surface area contributed by atoms with Crippen LogP contribution in [0.1, 0.15) is 46.0 Å². The molecule has 2 rings (SSSR count). The molecule has 1 saturated heterocycles. The van der Waals surface area contributed by atoms with Crippen LogP contribution in [-0.4, -0.2) is 60.3 Å². The van der Waals surface area contributed by atoms with Gasteiger partial charge in [0.15, 0.2) is 0 Å². The van der Waals surface area contributed by atoms with Crippen LogP contribution in [0.5, 0.6) is 0 Å². The Labute approximate surface area is 119 Å². The van der Waals surface area contributed by atoms with Gasteiger partial charge in [-0.1, -0.05) is 13.8 Å². The van der Waals surface area contributed by atoms with Crippen molar-refractivity contribution in [3.05, 3.63) is 0 Å². The van der Waals surface area contributed by atoms with E-state index in [4.69, 9.17) is 0 Å². The Bertz CT molecular complexity index is 271. The first-order chi connectivity index (χ1) is 9.10. The molecule has 4 atom stereocenters. The van der Waals surface area contributed by atoms with Gasteiger partial charge in [0.2, 0.25) is 0 Å². The number of nitrogens with zero attached hydrogens (tertiary/aromatic N) is 2. The Hall–Kier alpha value is -0.120. The zero-order valence-electron chi connectivity index (χ0n) is 13.0. The molecular formula is C16H32N2O. The smallest absolute Gasteiger partial charge is 0.0580 e. The van der Waals surface area contributed by atoms with Gasteiger partial charge in [-0.05, 0) is 64.1 Å². The minimum Gasteiger partial charge on any atom is -0.393 e. The van der Waals surface area contributed by atoms with Crippen LogP contribution in [0.15, 0.2) is 0 Å². The highest BCUT2D eigenvalue weighted by molar-refractivity contribution is 4.85. The molecule has 1 aliphatic carbocycles. The first-order valence-corrected chi connectivity index (χ1v) is 8.20. The lowest BCUT2D eigenvalue weighted by Crippen LogP contribution is -2.45. The molecule has 1 aliphatic heterocycles. The molecule has 0 bridgehead atoms. The maximum atomic E-state index is 10.3. The first-order valence-electron chi connectivity index (χ1n) is 8.20. The van der Waals surface area contributed by atoms with Crippen molar-refractivity contribution in [1.82, 2.24) is 9.80 Å². The summed E-state index contributed by atoms with van der Waals surface area (Å²) in [6, 6.07) is 0.678. The molecule has 0 aromatic rings. The molecule has 1 heterocycles. The average molecular weight is 268 g/mol. The van der Waals surface area contributed by atoms with Gasteiger partial charge in [0.1, 0.15) is 0 Å². The van der Waals surface area contributed by atoms with E-state index in [1.807, 2.05) is 0 Å². The van der Waals surface area contributed by atoms with Gasteiger partial charge in [0.05, 0.1) is 6.10 Å². The third-order valence-corrected chi connectivity index (χ3v) is 5.17. The van der Waals surface area contributed by atoms with Crippen molar-refractivity contribution in [3.8, 4) is 0 Å². The van der Waals surface area contributed by atoms with Crippen molar-refractivity contribution >= 4 is 0 Å². The number of hydrogen-bond acceptors (Lipinski definition) is 3. The quantitative estimate of drug-likeness (QED) is 0.850. The molecule has 0 aromatic heterocycles. The lowest BCUT2D eigenvalue weighted by molar-refractivity contribution is 0.0215. The lowest BCUT2D eigenvalue weighted by Gasteiger charge is -2.38. The fourth-order valence-electron chi connectivity index (χ4n) is 3.90. The number of rotatable bonds is 3. The van der Waals surface area contributed by atoms with E-state index in [0.29, 0.717) is 12.0 Å². The second-order valence-electron chi connectivity index (χ2n) is 6.92. The second kappa shape index (κ2) is 7.05. The van der Waals surface area contributed by atoms with Gasteiger partial charge >= 0.3 is 0 Å². The third kappa shape index (κ3) is 4.17. The first kappa shape index (κ1) is 15.3. The predicted molar refractivity (Wildman–Crippen MR) is 80.3 cm³/mol. The van der Waals surface area contributed by atoms with Crippen LogP contribution in [0, 0.1) is 11.8 Å². The van der Waals surface area contributed by atoms with Crippen molar-refractivity contribution in [2.75, 3.05) is 33.2 Å². The molecule has 0 spiro atoms. The van der Waals surface area contributed by atoms with E-state index < -0.39 is 0 Å². The minimum atomic E-state index is -0.0605. The van der Waals surface area contributed by atoms with Gasteiger partial charge in [-0.3, -0.25) is 4.90 Å². The minimum absolute atomic E-state index is 0.0605. The van der Waals surface area contributed by atoms with Crippen molar-refractivity contribution in [2.45, 2.75) is 58.1 Å². The van der Waals surface area contributed by atoms with E-state index in [2.05, 4.69) is 30.7 Å². The summed E-state index contributed by atoms with van der Waals surface area (Å²) in [5, 5.41) is 10.3. The van der Waals surface area contributed by atoms with Gasteiger partial charge < -0.3 is 10.0 Å². The molecule has 3 nitrogen and oxygen atoms in total. The van der Waals surface area contributed by atoms with Crippen LogP contribution in [0.25, 0.3) is 0 Å². The van der Waals surface area contributed by atoms with Crippen LogP contribution in [0.4, 0.5) is 0 Å². The van der Waals surface area contributed by atoms with E-state index in [1.165, 1.54) is 45.3 Å². The Balaban J connectivity index is 1.94. The highest BCUT2D eigenvalue weighted by Crippen LogP contribution is 2.30. The van der Waals surface area contributed by atoms with Crippen LogP contribution >= 0.6 is 0 Å². The van der Waals surface area contributed by atoms with Gasteiger partial charge in [-0.15, -0.1) is 0 Å². The van der Waals surface area contributed by atoms with Crippen molar-refractivity contribution in [1.29, 1.82) is 0 Å². The van der Waals surface area contributed by atoms with Crippen LogP contribution in [-0.2, 0) is 0 Å². The van der Waals surface area contributed by atoms with Crippen LogP contribution < -0.4 is 0 Å². The standard InChI is InChI=1S/C16H32N2O/c1-4-15-12-17(3)8-5-9-18(15)11-14-10-13(2)6-7-16(14)19/h13-16,19H,4-12H2,1-3H3. The molecule has 19 heavy (non-hydrogen) atoms. The van der Waals surface area contributed by atoms with E-state index >= 15 is 0 Å². The normalized spacial score (nSPS) is 39.2. The number of aliphatic hydroxyl groups is 1. The molecular weight excluding hydrogens is 236 g/mol. The Morgan fingerprint density at radius 3 is 2.74 bits per heavy atom. The summed E-state index contributed by atoms with van der Waals surface area (Å²) in [4.78, 5) is 5.13. The van der Waals surface area contributed by atoms with E-state index in [9.17, 15) is 5.11 Å². The van der Waals surface area contributed by atoms with E-state index in [1.54, 1.807) is 0 Å². The van der Waals surface area contributed by atoms with Gasteiger partial charge in [0, 0.05) is 19.1 Å². The van der Waals surface area contributed by atoms with Crippen LogP contribution in [0.2, 0.25) is 0 Å². The largest absolute Gasteiger partial charge is 0.393 e. The summed E-state index contributed by atoms with van der Waals surface area (Å²) in [5.41, 5.74) is 0. The van der Waals surface area contributed by atoms with E-state index in [-0.39, 0.29) is 6.10 Å². The molecule has 4 unspecified atom stereocenters. The summed E-state index contributed by atoms with van der Waals surface area (Å²) < 4.78 is 0. The Morgan fingerprint density at radius 2 is 2.00 bits per heavy atom. The maximum absolute atomic E-state index is 10.3. The Morgan fingerprint density at radius 1 is 1.21 bits per heavy atom. The zero-order chi connectivity index (χ0) is 13.8. The fourth-order valence-corrected chi connectivity index (χ4v) is 3.90. The SMILES string of the molecule is CCC1CN(C)CCCN1CC1CC(C)CCC1O. The number of hydrogen-bond donors (Lipinski definition) is 1. The highest BCUT2D eigenvalue weighted by Gasteiger charge is 2.31. The Kier molecular flexibility index (Phi) is 5.67. The molecule has 112 valence electrons. The summed E-state index contributed by atoms with van der Waals surface area (Å²) in [6.45, 7) is 9.37. The molecule has 2 fully saturated rings. The molecule has 2 aliphatic rings. The molecule has 0 aromatic carbocycles. The summed E-state index contributed by atoms with van der Waals surface area (Å²) in [5.74, 6) is 1.30. The number of aliphatic hydroxyl groups excluding tert-OH is 1. The molecule has 0 amide bonds.